The van der Waals surface area contributed by atoms with Crippen LogP contribution in [0.25, 0.3) is 0 Å². The van der Waals surface area contributed by atoms with Crippen molar-refractivity contribution < 1.29 is 13.2 Å². The van der Waals surface area contributed by atoms with E-state index in [1.807, 2.05) is 24.3 Å². The van der Waals surface area contributed by atoms with Crippen LogP contribution in [0.2, 0.25) is 0 Å². The Labute approximate surface area is 188 Å². The maximum atomic E-state index is 14.8. The van der Waals surface area contributed by atoms with Gasteiger partial charge in [-0.25, -0.2) is 13.2 Å². The summed E-state index contributed by atoms with van der Waals surface area (Å²) in [6.45, 7) is 2.17. The Hall–Kier alpha value is -2.99. The van der Waals surface area contributed by atoms with Crippen LogP contribution in [0.1, 0.15) is 71.9 Å². The van der Waals surface area contributed by atoms with Crippen molar-refractivity contribution in [2.45, 2.75) is 57.8 Å². The summed E-state index contributed by atoms with van der Waals surface area (Å²) >= 11 is 0. The van der Waals surface area contributed by atoms with Gasteiger partial charge in [0.1, 0.15) is 5.82 Å². The van der Waals surface area contributed by atoms with Crippen molar-refractivity contribution in [2.24, 2.45) is 0 Å². The monoisotopic (exact) mass is 432 g/mol. The Balaban J connectivity index is 1.47. The molecular formula is C29H27F3. The molecule has 0 amide bonds. The smallest absolute Gasteiger partial charge is 0.174 e. The van der Waals surface area contributed by atoms with Crippen LogP contribution in [0, 0.1) is 29.3 Å². The van der Waals surface area contributed by atoms with Crippen molar-refractivity contribution in [1.82, 2.24) is 0 Å². The summed E-state index contributed by atoms with van der Waals surface area (Å²) in [7, 11) is 0. The van der Waals surface area contributed by atoms with Gasteiger partial charge in [0.25, 0.3) is 0 Å². The fourth-order valence-corrected chi connectivity index (χ4v) is 4.47. The molecule has 1 aliphatic carbocycles. The quantitative estimate of drug-likeness (QED) is 0.289. The van der Waals surface area contributed by atoms with Gasteiger partial charge in [0, 0.05) is 5.56 Å². The molecule has 1 atom stereocenters. The second-order valence-corrected chi connectivity index (χ2v) is 8.59. The molecule has 0 N–H and O–H groups in total. The molecule has 0 radical (unpaired) electrons. The van der Waals surface area contributed by atoms with Gasteiger partial charge in [-0.05, 0) is 90.6 Å². The van der Waals surface area contributed by atoms with Crippen LogP contribution >= 0.6 is 0 Å². The summed E-state index contributed by atoms with van der Waals surface area (Å²) in [6.07, 6.45) is 6.90. The van der Waals surface area contributed by atoms with Gasteiger partial charge in [0.05, 0.1) is 5.56 Å². The maximum absolute atomic E-state index is 14.8. The summed E-state index contributed by atoms with van der Waals surface area (Å²) < 4.78 is 42.0. The van der Waals surface area contributed by atoms with Gasteiger partial charge in [-0.15, -0.1) is 0 Å². The fourth-order valence-electron chi connectivity index (χ4n) is 4.47. The first-order valence-corrected chi connectivity index (χ1v) is 11.4. The highest BCUT2D eigenvalue weighted by molar-refractivity contribution is 5.47. The van der Waals surface area contributed by atoms with E-state index in [2.05, 4.69) is 24.8 Å². The number of hydrogen-bond donors (Lipinski definition) is 0. The van der Waals surface area contributed by atoms with Crippen molar-refractivity contribution in [1.29, 1.82) is 0 Å². The molecule has 3 aromatic carbocycles. The van der Waals surface area contributed by atoms with Gasteiger partial charge in [-0.1, -0.05) is 55.9 Å². The normalized spacial score (nSPS) is 15.1. The lowest BCUT2D eigenvalue weighted by Gasteiger charge is -2.25. The van der Waals surface area contributed by atoms with Crippen LogP contribution in [0.15, 0.2) is 54.6 Å². The second kappa shape index (κ2) is 10.1. The Morgan fingerprint density at radius 3 is 2.56 bits per heavy atom. The third-order valence-corrected chi connectivity index (χ3v) is 6.30. The molecule has 0 nitrogen and oxygen atoms in total. The fraction of sp³-hybridized carbons (Fsp3) is 0.310. The minimum atomic E-state index is -0.917. The van der Waals surface area contributed by atoms with Crippen LogP contribution in [-0.2, 0) is 19.3 Å². The molecule has 0 aromatic heterocycles. The second-order valence-electron chi connectivity index (χ2n) is 8.59. The van der Waals surface area contributed by atoms with Crippen LogP contribution in [0.4, 0.5) is 13.2 Å². The maximum Gasteiger partial charge on any atom is 0.174 e. The first-order valence-electron chi connectivity index (χ1n) is 11.4. The number of hydrogen-bond acceptors (Lipinski definition) is 0. The van der Waals surface area contributed by atoms with Crippen molar-refractivity contribution in [3.8, 4) is 11.8 Å². The third-order valence-electron chi connectivity index (χ3n) is 6.30. The number of fused-ring (bicyclic) bond motifs is 1. The van der Waals surface area contributed by atoms with Gasteiger partial charge in [0.15, 0.2) is 11.6 Å². The zero-order valence-electron chi connectivity index (χ0n) is 18.4. The van der Waals surface area contributed by atoms with E-state index >= 15 is 0 Å². The van der Waals surface area contributed by atoms with E-state index < -0.39 is 11.6 Å². The van der Waals surface area contributed by atoms with E-state index in [-0.39, 0.29) is 17.3 Å². The number of halogens is 3. The van der Waals surface area contributed by atoms with Crippen molar-refractivity contribution in [3.63, 3.8) is 0 Å². The summed E-state index contributed by atoms with van der Waals surface area (Å²) in [5.74, 6) is 3.94. The van der Waals surface area contributed by atoms with Gasteiger partial charge in [0.2, 0.25) is 0 Å². The Kier molecular flexibility index (Phi) is 7.00. The average molecular weight is 433 g/mol. The minimum Gasteiger partial charge on any atom is -0.207 e. The summed E-state index contributed by atoms with van der Waals surface area (Å²) in [5.41, 5.74) is 5.11. The molecule has 3 heteroatoms. The first kappa shape index (κ1) is 22.2. The predicted octanol–water partition coefficient (Wildman–Crippen LogP) is 7.51. The van der Waals surface area contributed by atoms with E-state index in [0.29, 0.717) is 0 Å². The molecule has 0 saturated heterocycles. The summed E-state index contributed by atoms with van der Waals surface area (Å²) in [5, 5.41) is 0. The first-order chi connectivity index (χ1) is 15.5. The number of aryl methyl sites for hydroxylation is 2. The minimum absolute atomic E-state index is 0.0522. The number of unbranched alkanes of at least 4 members (excludes halogenated alkanes) is 2. The molecule has 0 saturated carbocycles. The highest BCUT2D eigenvalue weighted by Crippen LogP contribution is 2.34. The molecule has 1 unspecified atom stereocenters. The SMILES string of the molecule is CCCCCc1ccc(C2CCc3cc(C#Cc4cccc(F)c4F)ccc3C2)c(F)c1. The van der Waals surface area contributed by atoms with Gasteiger partial charge in [-0.2, -0.15) is 0 Å². The highest BCUT2D eigenvalue weighted by Gasteiger charge is 2.23. The molecule has 3 aromatic rings. The zero-order chi connectivity index (χ0) is 22.5. The van der Waals surface area contributed by atoms with Crippen LogP contribution in [0.5, 0.6) is 0 Å². The summed E-state index contributed by atoms with van der Waals surface area (Å²) in [6, 6.07) is 15.7. The van der Waals surface area contributed by atoms with E-state index in [1.165, 1.54) is 29.7 Å². The van der Waals surface area contributed by atoms with Crippen LogP contribution in [0.3, 0.4) is 0 Å². The Morgan fingerprint density at radius 1 is 0.875 bits per heavy atom. The molecule has 1 aliphatic rings. The lowest BCUT2D eigenvalue weighted by atomic mass is 9.79. The standard InChI is InChI=1S/C29H27F3/c1-2-3-4-6-20-11-16-26(28(31)18-20)25-15-14-23-17-21(10-13-24(23)19-25)9-12-22-7-5-8-27(30)29(22)32/h5,7-8,10-11,13,16-18,25H,2-4,6,14-15,19H2,1H3. The molecule has 4 rings (SSSR count). The van der Waals surface area contributed by atoms with Gasteiger partial charge in [-0.3, -0.25) is 0 Å². The molecule has 164 valence electrons. The largest absolute Gasteiger partial charge is 0.207 e. The van der Waals surface area contributed by atoms with Gasteiger partial charge >= 0.3 is 0 Å². The van der Waals surface area contributed by atoms with Crippen molar-refractivity contribution >= 4 is 0 Å². The van der Waals surface area contributed by atoms with Crippen LogP contribution < -0.4 is 0 Å². The number of rotatable bonds is 5. The average Bonchev–Trinajstić information content (AvgIpc) is 2.80. The molecule has 0 spiro atoms. The molecule has 0 heterocycles. The van der Waals surface area contributed by atoms with E-state index in [0.717, 1.165) is 61.3 Å². The number of benzene rings is 3. The Morgan fingerprint density at radius 2 is 1.75 bits per heavy atom. The van der Waals surface area contributed by atoms with Gasteiger partial charge < -0.3 is 0 Å². The Bertz CT molecular complexity index is 1170. The van der Waals surface area contributed by atoms with E-state index in [9.17, 15) is 13.2 Å². The molecular weight excluding hydrogens is 405 g/mol. The molecule has 0 fully saturated rings. The lowest BCUT2D eigenvalue weighted by molar-refractivity contribution is 0.506. The van der Waals surface area contributed by atoms with Crippen molar-refractivity contribution in [3.05, 3.63) is 105 Å². The topological polar surface area (TPSA) is 0 Å². The van der Waals surface area contributed by atoms with E-state index in [1.54, 1.807) is 6.07 Å². The molecule has 32 heavy (non-hydrogen) atoms. The van der Waals surface area contributed by atoms with Crippen molar-refractivity contribution in [2.75, 3.05) is 0 Å². The van der Waals surface area contributed by atoms with Crippen LogP contribution in [-0.4, -0.2) is 0 Å². The molecule has 0 aliphatic heterocycles. The third kappa shape index (κ3) is 5.07. The highest BCUT2D eigenvalue weighted by atomic mass is 19.2. The lowest BCUT2D eigenvalue weighted by Crippen LogP contribution is -2.14. The summed E-state index contributed by atoms with van der Waals surface area (Å²) in [4.78, 5) is 0. The molecule has 0 bridgehead atoms. The predicted molar refractivity (Wildman–Crippen MR) is 123 cm³/mol. The van der Waals surface area contributed by atoms with E-state index in [4.69, 9.17) is 0 Å². The zero-order valence-corrected chi connectivity index (χ0v) is 18.4.